The Balaban J connectivity index is 2.25. The number of carbonyl (C=O) groups is 1. The molecule has 1 aromatic carbocycles. The SMILES string of the molecule is CCC(CC(N)=S)NC(=O)c1cccc2nccnc12. The molecule has 0 fully saturated rings. The molecule has 3 N–H and O–H groups in total. The summed E-state index contributed by atoms with van der Waals surface area (Å²) >= 11 is 4.89. The fraction of sp³-hybridized carbons (Fsp3) is 0.286. The number of para-hydroxylation sites is 1. The Kier molecular flexibility index (Phi) is 4.57. The fourth-order valence-electron chi connectivity index (χ4n) is 1.98. The van der Waals surface area contributed by atoms with Crippen molar-refractivity contribution in [1.29, 1.82) is 0 Å². The summed E-state index contributed by atoms with van der Waals surface area (Å²) in [4.78, 5) is 21.2. The number of nitrogens with two attached hydrogens (primary N) is 1. The molecule has 2 aromatic rings. The number of rotatable bonds is 5. The van der Waals surface area contributed by atoms with Crippen LogP contribution in [-0.2, 0) is 0 Å². The third-order valence-electron chi connectivity index (χ3n) is 3.02. The van der Waals surface area contributed by atoms with Gasteiger partial charge in [0.2, 0.25) is 0 Å². The monoisotopic (exact) mass is 288 g/mol. The van der Waals surface area contributed by atoms with Crippen LogP contribution in [0.1, 0.15) is 30.1 Å². The highest BCUT2D eigenvalue weighted by Crippen LogP contribution is 2.14. The highest BCUT2D eigenvalue weighted by atomic mass is 32.1. The molecule has 5 nitrogen and oxygen atoms in total. The molecular weight excluding hydrogens is 272 g/mol. The molecule has 1 atom stereocenters. The number of carbonyl (C=O) groups excluding carboxylic acids is 1. The van der Waals surface area contributed by atoms with Gasteiger partial charge in [-0.3, -0.25) is 14.8 Å². The second-order valence-electron chi connectivity index (χ2n) is 4.48. The smallest absolute Gasteiger partial charge is 0.253 e. The van der Waals surface area contributed by atoms with Crippen LogP contribution in [0.2, 0.25) is 0 Å². The molecule has 104 valence electrons. The van der Waals surface area contributed by atoms with Crippen LogP contribution >= 0.6 is 12.2 Å². The standard InChI is InChI=1S/C14H16N4OS/c1-2-9(8-12(15)20)18-14(19)10-4-3-5-11-13(10)17-7-6-16-11/h3-7,9H,2,8H2,1H3,(H2,15,20)(H,18,19). The molecule has 1 heterocycles. The van der Waals surface area contributed by atoms with E-state index in [2.05, 4.69) is 15.3 Å². The minimum atomic E-state index is -0.181. The molecule has 1 unspecified atom stereocenters. The summed E-state index contributed by atoms with van der Waals surface area (Å²) in [5, 5.41) is 2.93. The fourth-order valence-corrected chi connectivity index (χ4v) is 2.18. The number of aromatic nitrogens is 2. The van der Waals surface area contributed by atoms with Gasteiger partial charge in [-0.25, -0.2) is 0 Å². The van der Waals surface area contributed by atoms with Crippen molar-refractivity contribution in [1.82, 2.24) is 15.3 Å². The van der Waals surface area contributed by atoms with Crippen molar-refractivity contribution in [3.63, 3.8) is 0 Å². The largest absolute Gasteiger partial charge is 0.393 e. The number of amides is 1. The van der Waals surface area contributed by atoms with Gasteiger partial charge in [-0.2, -0.15) is 0 Å². The molecule has 1 amide bonds. The lowest BCUT2D eigenvalue weighted by molar-refractivity contribution is 0.0938. The number of hydrogen-bond donors (Lipinski definition) is 2. The lowest BCUT2D eigenvalue weighted by Crippen LogP contribution is -2.37. The van der Waals surface area contributed by atoms with Gasteiger partial charge in [0.25, 0.3) is 5.91 Å². The Morgan fingerprint density at radius 2 is 2.15 bits per heavy atom. The van der Waals surface area contributed by atoms with Crippen molar-refractivity contribution < 1.29 is 4.79 Å². The first kappa shape index (κ1) is 14.3. The van der Waals surface area contributed by atoms with E-state index in [0.29, 0.717) is 28.0 Å². The van der Waals surface area contributed by atoms with Crippen LogP contribution in [0.4, 0.5) is 0 Å². The van der Waals surface area contributed by atoms with E-state index in [4.69, 9.17) is 18.0 Å². The normalized spacial score (nSPS) is 12.1. The molecule has 6 heteroatoms. The van der Waals surface area contributed by atoms with Crippen LogP contribution in [0.25, 0.3) is 11.0 Å². The molecule has 0 radical (unpaired) electrons. The highest BCUT2D eigenvalue weighted by Gasteiger charge is 2.15. The van der Waals surface area contributed by atoms with Gasteiger partial charge in [0.1, 0.15) is 5.52 Å². The van der Waals surface area contributed by atoms with E-state index in [0.717, 1.165) is 6.42 Å². The molecule has 0 aliphatic rings. The van der Waals surface area contributed by atoms with E-state index in [1.807, 2.05) is 13.0 Å². The third kappa shape index (κ3) is 3.27. The van der Waals surface area contributed by atoms with Crippen LogP contribution in [0.5, 0.6) is 0 Å². The van der Waals surface area contributed by atoms with Crippen LogP contribution < -0.4 is 11.1 Å². The lowest BCUT2D eigenvalue weighted by atomic mass is 10.1. The van der Waals surface area contributed by atoms with Crippen molar-refractivity contribution in [2.45, 2.75) is 25.8 Å². The molecule has 0 bridgehead atoms. The second kappa shape index (κ2) is 6.38. The second-order valence-corrected chi connectivity index (χ2v) is 5.00. The van der Waals surface area contributed by atoms with Gasteiger partial charge in [0.15, 0.2) is 0 Å². The topological polar surface area (TPSA) is 80.9 Å². The predicted octanol–water partition coefficient (Wildman–Crippen LogP) is 1.81. The van der Waals surface area contributed by atoms with Gasteiger partial charge in [0.05, 0.1) is 16.1 Å². The quantitative estimate of drug-likeness (QED) is 0.820. The number of hydrogen-bond acceptors (Lipinski definition) is 4. The van der Waals surface area contributed by atoms with Crippen molar-refractivity contribution in [3.8, 4) is 0 Å². The molecular formula is C14H16N4OS. The lowest BCUT2D eigenvalue weighted by Gasteiger charge is -2.16. The number of thiocarbonyl (C=S) groups is 1. The van der Waals surface area contributed by atoms with Crippen LogP contribution in [0.3, 0.4) is 0 Å². The third-order valence-corrected chi connectivity index (χ3v) is 3.19. The number of benzene rings is 1. The maximum absolute atomic E-state index is 12.3. The van der Waals surface area contributed by atoms with Crippen molar-refractivity contribution in [3.05, 3.63) is 36.2 Å². The molecule has 0 saturated heterocycles. The molecule has 20 heavy (non-hydrogen) atoms. The Labute approximate surface area is 122 Å². The van der Waals surface area contributed by atoms with E-state index >= 15 is 0 Å². The summed E-state index contributed by atoms with van der Waals surface area (Å²) in [6.07, 6.45) is 4.44. The Hall–Kier alpha value is -2.08. The van der Waals surface area contributed by atoms with Gasteiger partial charge >= 0.3 is 0 Å². The Morgan fingerprint density at radius 1 is 1.40 bits per heavy atom. The van der Waals surface area contributed by atoms with E-state index in [1.165, 1.54) is 0 Å². The number of fused-ring (bicyclic) bond motifs is 1. The van der Waals surface area contributed by atoms with Crippen LogP contribution in [-0.4, -0.2) is 26.9 Å². The minimum absolute atomic E-state index is 0.0630. The summed E-state index contributed by atoms with van der Waals surface area (Å²) in [6, 6.07) is 5.29. The zero-order valence-corrected chi connectivity index (χ0v) is 12.0. The predicted molar refractivity (Wildman–Crippen MR) is 82.5 cm³/mol. The van der Waals surface area contributed by atoms with Crippen LogP contribution in [0.15, 0.2) is 30.6 Å². The first-order valence-electron chi connectivity index (χ1n) is 6.40. The summed E-state index contributed by atoms with van der Waals surface area (Å²) in [5.41, 5.74) is 7.33. The molecule has 0 spiro atoms. The van der Waals surface area contributed by atoms with Gasteiger partial charge in [0, 0.05) is 24.9 Å². The van der Waals surface area contributed by atoms with Gasteiger partial charge in [-0.05, 0) is 18.6 Å². The van der Waals surface area contributed by atoms with E-state index < -0.39 is 0 Å². The molecule has 0 aliphatic heterocycles. The molecule has 0 saturated carbocycles. The van der Waals surface area contributed by atoms with Gasteiger partial charge in [-0.1, -0.05) is 25.2 Å². The first-order chi connectivity index (χ1) is 9.61. The summed E-state index contributed by atoms with van der Waals surface area (Å²) in [5.74, 6) is -0.181. The number of nitrogens with one attached hydrogen (secondary N) is 1. The van der Waals surface area contributed by atoms with Crippen molar-refractivity contribution in [2.24, 2.45) is 5.73 Å². The molecule has 1 aromatic heterocycles. The first-order valence-corrected chi connectivity index (χ1v) is 6.81. The summed E-state index contributed by atoms with van der Waals surface area (Å²) in [6.45, 7) is 1.98. The van der Waals surface area contributed by atoms with E-state index in [9.17, 15) is 4.79 Å². The van der Waals surface area contributed by atoms with E-state index in [-0.39, 0.29) is 11.9 Å². The molecule has 2 rings (SSSR count). The minimum Gasteiger partial charge on any atom is -0.393 e. The van der Waals surface area contributed by atoms with Crippen LogP contribution in [0, 0.1) is 0 Å². The zero-order valence-electron chi connectivity index (χ0n) is 11.2. The average Bonchev–Trinajstić information content (AvgIpc) is 2.45. The Bertz CT molecular complexity index is 639. The van der Waals surface area contributed by atoms with Crippen molar-refractivity contribution in [2.75, 3.05) is 0 Å². The van der Waals surface area contributed by atoms with Gasteiger partial charge in [-0.15, -0.1) is 0 Å². The maximum Gasteiger partial charge on any atom is 0.253 e. The van der Waals surface area contributed by atoms with E-state index in [1.54, 1.807) is 24.5 Å². The highest BCUT2D eigenvalue weighted by molar-refractivity contribution is 7.80. The summed E-state index contributed by atoms with van der Waals surface area (Å²) in [7, 11) is 0. The average molecular weight is 288 g/mol. The van der Waals surface area contributed by atoms with Gasteiger partial charge < -0.3 is 11.1 Å². The number of nitrogens with zero attached hydrogens (tertiary/aromatic N) is 2. The summed E-state index contributed by atoms with van der Waals surface area (Å²) < 4.78 is 0. The molecule has 0 aliphatic carbocycles. The Morgan fingerprint density at radius 3 is 2.85 bits per heavy atom. The zero-order chi connectivity index (χ0) is 14.5. The maximum atomic E-state index is 12.3. The van der Waals surface area contributed by atoms with Crippen molar-refractivity contribution >= 4 is 34.1 Å².